The number of halogens is 2. The monoisotopic (exact) mass is 377 g/mol. The van der Waals surface area contributed by atoms with Crippen LogP contribution >= 0.6 is 0 Å². The third-order valence-corrected chi connectivity index (χ3v) is 4.21. The maximum atomic E-state index is 13.6. The summed E-state index contributed by atoms with van der Waals surface area (Å²) in [6.45, 7) is 0.514. The van der Waals surface area contributed by atoms with E-state index in [0.717, 1.165) is 6.07 Å². The molecule has 1 fully saturated rings. The van der Waals surface area contributed by atoms with Crippen LogP contribution in [0.15, 0.2) is 42.5 Å². The smallest absolute Gasteiger partial charge is 0.305 e. The Bertz CT molecular complexity index is 848. The van der Waals surface area contributed by atoms with Gasteiger partial charge in [0.15, 0.2) is 11.6 Å². The van der Waals surface area contributed by atoms with Gasteiger partial charge < -0.3 is 19.9 Å². The molecule has 2 aromatic carbocycles. The fourth-order valence-electron chi connectivity index (χ4n) is 2.85. The van der Waals surface area contributed by atoms with Crippen molar-refractivity contribution in [1.29, 1.82) is 0 Å². The summed E-state index contributed by atoms with van der Waals surface area (Å²) in [6, 6.07) is 8.82. The second kappa shape index (κ2) is 7.71. The molecule has 1 unspecified atom stereocenters. The number of carboxylic acid groups (broad SMARTS) is 1. The minimum absolute atomic E-state index is 0.135. The van der Waals surface area contributed by atoms with Crippen molar-refractivity contribution < 1.29 is 33.0 Å². The first-order chi connectivity index (χ1) is 12.9. The number of hydrogen-bond donors (Lipinski definition) is 2. The Balaban J connectivity index is 1.69. The molecular formula is C19H17F2NO5. The lowest BCUT2D eigenvalue weighted by Crippen LogP contribution is -2.50. The Kier molecular flexibility index (Phi) is 5.36. The third kappa shape index (κ3) is 4.59. The molecule has 0 aliphatic carbocycles. The standard InChI is InChI=1S/C19H17F2NO5/c20-13-3-6-16(15(21)9-13)27-14-4-1-12(2-5-14)18(25)22-19(10-17(23)24)7-8-26-11-19/h1-6,9H,7-8,10-11H2,(H,22,25)(H,23,24). The highest BCUT2D eigenvalue weighted by molar-refractivity contribution is 5.95. The van der Waals surface area contributed by atoms with Crippen LogP contribution in [0, 0.1) is 11.6 Å². The molecule has 1 heterocycles. The van der Waals surface area contributed by atoms with E-state index in [9.17, 15) is 18.4 Å². The molecule has 2 aromatic rings. The second-order valence-corrected chi connectivity index (χ2v) is 6.31. The zero-order valence-electron chi connectivity index (χ0n) is 14.2. The van der Waals surface area contributed by atoms with Crippen molar-refractivity contribution in [2.75, 3.05) is 13.2 Å². The van der Waals surface area contributed by atoms with Gasteiger partial charge in [-0.15, -0.1) is 0 Å². The van der Waals surface area contributed by atoms with Gasteiger partial charge in [-0.2, -0.15) is 0 Å². The number of ether oxygens (including phenoxy) is 2. The van der Waals surface area contributed by atoms with Crippen LogP contribution in [0.1, 0.15) is 23.2 Å². The average molecular weight is 377 g/mol. The summed E-state index contributed by atoms with van der Waals surface area (Å²) >= 11 is 0. The van der Waals surface area contributed by atoms with Crippen LogP contribution in [0.4, 0.5) is 8.78 Å². The molecule has 1 amide bonds. The van der Waals surface area contributed by atoms with E-state index in [0.29, 0.717) is 24.7 Å². The van der Waals surface area contributed by atoms with Crippen LogP contribution < -0.4 is 10.1 Å². The first-order valence-electron chi connectivity index (χ1n) is 8.22. The van der Waals surface area contributed by atoms with Crippen molar-refractivity contribution in [3.63, 3.8) is 0 Å². The molecule has 0 bridgehead atoms. The van der Waals surface area contributed by atoms with Crippen molar-refractivity contribution in [2.24, 2.45) is 0 Å². The van der Waals surface area contributed by atoms with Gasteiger partial charge in [-0.05, 0) is 42.8 Å². The van der Waals surface area contributed by atoms with Gasteiger partial charge in [-0.25, -0.2) is 8.78 Å². The summed E-state index contributed by atoms with van der Waals surface area (Å²) < 4.78 is 37.1. The topological polar surface area (TPSA) is 84.9 Å². The second-order valence-electron chi connectivity index (χ2n) is 6.31. The number of carbonyl (C=O) groups is 2. The Labute approximate surface area is 153 Å². The Morgan fingerprint density at radius 2 is 1.93 bits per heavy atom. The van der Waals surface area contributed by atoms with Gasteiger partial charge in [-0.3, -0.25) is 9.59 Å². The number of carbonyl (C=O) groups excluding carboxylic acids is 1. The maximum Gasteiger partial charge on any atom is 0.305 e. The lowest BCUT2D eigenvalue weighted by atomic mass is 9.93. The zero-order chi connectivity index (χ0) is 19.4. The van der Waals surface area contributed by atoms with Crippen LogP contribution in [0.2, 0.25) is 0 Å². The molecule has 8 heteroatoms. The van der Waals surface area contributed by atoms with Crippen molar-refractivity contribution in [3.05, 3.63) is 59.7 Å². The molecule has 27 heavy (non-hydrogen) atoms. The number of benzene rings is 2. The summed E-state index contributed by atoms with van der Waals surface area (Å²) in [4.78, 5) is 23.5. The predicted octanol–water partition coefficient (Wildman–Crippen LogP) is 3.12. The molecule has 3 rings (SSSR count). The highest BCUT2D eigenvalue weighted by Crippen LogP contribution is 2.26. The van der Waals surface area contributed by atoms with Gasteiger partial charge in [0.2, 0.25) is 0 Å². The molecule has 0 aromatic heterocycles. The van der Waals surface area contributed by atoms with Crippen LogP contribution in [0.5, 0.6) is 11.5 Å². The quantitative estimate of drug-likeness (QED) is 0.808. The number of amides is 1. The van der Waals surface area contributed by atoms with Gasteiger partial charge in [-0.1, -0.05) is 0 Å². The molecule has 1 atom stereocenters. The molecule has 142 valence electrons. The Morgan fingerprint density at radius 1 is 1.19 bits per heavy atom. The number of nitrogens with one attached hydrogen (secondary N) is 1. The molecular weight excluding hydrogens is 360 g/mol. The number of hydrogen-bond acceptors (Lipinski definition) is 4. The summed E-state index contributed by atoms with van der Waals surface area (Å²) in [5.74, 6) is -2.89. The molecule has 0 radical (unpaired) electrons. The molecule has 1 saturated heterocycles. The highest BCUT2D eigenvalue weighted by atomic mass is 19.1. The molecule has 0 spiro atoms. The van der Waals surface area contributed by atoms with Gasteiger partial charge in [0.05, 0.1) is 18.6 Å². The van der Waals surface area contributed by atoms with E-state index in [-0.39, 0.29) is 24.5 Å². The maximum absolute atomic E-state index is 13.6. The number of rotatable bonds is 6. The number of aliphatic carboxylic acids is 1. The first-order valence-corrected chi connectivity index (χ1v) is 8.22. The van der Waals surface area contributed by atoms with E-state index < -0.39 is 29.0 Å². The average Bonchev–Trinajstić information content (AvgIpc) is 3.05. The molecule has 1 aliphatic heterocycles. The first kappa shape index (κ1) is 18.8. The van der Waals surface area contributed by atoms with Gasteiger partial charge in [0, 0.05) is 18.2 Å². The van der Waals surface area contributed by atoms with Crippen LogP contribution in [0.3, 0.4) is 0 Å². The van der Waals surface area contributed by atoms with Crippen LogP contribution in [-0.2, 0) is 9.53 Å². The Hall–Kier alpha value is -3.00. The summed E-state index contributed by atoms with van der Waals surface area (Å²) in [7, 11) is 0. The van der Waals surface area contributed by atoms with E-state index in [1.807, 2.05) is 0 Å². The fourth-order valence-corrected chi connectivity index (χ4v) is 2.85. The molecule has 1 aliphatic rings. The lowest BCUT2D eigenvalue weighted by Gasteiger charge is -2.27. The van der Waals surface area contributed by atoms with Crippen LogP contribution in [-0.4, -0.2) is 35.7 Å². The van der Waals surface area contributed by atoms with Crippen molar-refractivity contribution in [1.82, 2.24) is 5.32 Å². The summed E-state index contributed by atoms with van der Waals surface area (Å²) in [5.41, 5.74) is -0.645. The SMILES string of the molecule is O=C(O)CC1(NC(=O)c2ccc(Oc3ccc(F)cc3F)cc2)CCOC1. The lowest BCUT2D eigenvalue weighted by molar-refractivity contribution is -0.138. The van der Waals surface area contributed by atoms with Crippen molar-refractivity contribution in [2.45, 2.75) is 18.4 Å². The fraction of sp³-hybridized carbons (Fsp3) is 0.263. The van der Waals surface area contributed by atoms with Gasteiger partial charge in [0.25, 0.3) is 5.91 Å². The minimum Gasteiger partial charge on any atom is -0.481 e. The minimum atomic E-state index is -1.02. The van der Waals surface area contributed by atoms with E-state index in [2.05, 4.69) is 5.32 Å². The number of carboxylic acids is 1. The normalized spacial score (nSPS) is 18.9. The highest BCUT2D eigenvalue weighted by Gasteiger charge is 2.38. The third-order valence-electron chi connectivity index (χ3n) is 4.21. The van der Waals surface area contributed by atoms with Gasteiger partial charge >= 0.3 is 5.97 Å². The largest absolute Gasteiger partial charge is 0.481 e. The van der Waals surface area contributed by atoms with Crippen LogP contribution in [0.25, 0.3) is 0 Å². The van der Waals surface area contributed by atoms with Gasteiger partial charge in [0.1, 0.15) is 11.6 Å². The summed E-state index contributed by atoms with van der Waals surface area (Å²) in [5, 5.41) is 11.8. The Morgan fingerprint density at radius 3 is 2.52 bits per heavy atom. The molecule has 2 N–H and O–H groups in total. The zero-order valence-corrected chi connectivity index (χ0v) is 14.2. The summed E-state index contributed by atoms with van der Waals surface area (Å²) in [6.07, 6.45) is 0.180. The van der Waals surface area contributed by atoms with E-state index in [1.165, 1.54) is 30.3 Å². The molecule has 6 nitrogen and oxygen atoms in total. The van der Waals surface area contributed by atoms with E-state index >= 15 is 0 Å². The predicted molar refractivity (Wildman–Crippen MR) is 90.8 cm³/mol. The van der Waals surface area contributed by atoms with E-state index in [4.69, 9.17) is 14.6 Å². The van der Waals surface area contributed by atoms with Crippen molar-refractivity contribution in [3.8, 4) is 11.5 Å². The van der Waals surface area contributed by atoms with E-state index in [1.54, 1.807) is 0 Å². The van der Waals surface area contributed by atoms with Crippen molar-refractivity contribution >= 4 is 11.9 Å². The molecule has 0 saturated carbocycles.